The minimum atomic E-state index is -3.54. The number of aryl methyl sites for hydroxylation is 8. The van der Waals surface area contributed by atoms with Gasteiger partial charge in [-0.25, -0.2) is 18.3 Å². The van der Waals surface area contributed by atoms with E-state index in [1.54, 1.807) is 24.3 Å². The molecule has 0 amide bonds. The van der Waals surface area contributed by atoms with Crippen molar-refractivity contribution in [2.75, 3.05) is 0 Å². The summed E-state index contributed by atoms with van der Waals surface area (Å²) in [4.78, 5) is 0. The van der Waals surface area contributed by atoms with Crippen LogP contribution in [0.5, 0.6) is 0 Å². The van der Waals surface area contributed by atoms with Crippen molar-refractivity contribution < 1.29 is 48.4 Å². The predicted molar refractivity (Wildman–Crippen MR) is 441 cm³/mol. The Balaban J connectivity index is 0.000000147. The van der Waals surface area contributed by atoms with Crippen LogP contribution in [0, 0.1) is 33.6 Å². The molecule has 0 N–H and O–H groups in total. The van der Waals surface area contributed by atoms with E-state index in [0.717, 1.165) is 70.5 Å². The Morgan fingerprint density at radius 3 is 1.06 bits per heavy atom. The van der Waals surface area contributed by atoms with E-state index in [1.165, 1.54) is 143 Å². The molecule has 12 aromatic rings. The monoisotopic (exact) mass is 1410 g/mol. The fourth-order valence-electron chi connectivity index (χ4n) is 14.8. The van der Waals surface area contributed by atoms with Gasteiger partial charge in [-0.2, -0.15) is 0 Å². The number of nitrogens with zero attached hydrogens (tertiary/aromatic N) is 4. The van der Waals surface area contributed by atoms with Crippen molar-refractivity contribution in [3.63, 3.8) is 0 Å². The summed E-state index contributed by atoms with van der Waals surface area (Å²) in [5, 5.41) is 0. The first-order valence-electron chi connectivity index (χ1n) is 48.2. The number of hydrogen-bond acceptors (Lipinski definition) is 0. The molecule has 105 heavy (non-hydrogen) atoms. The number of hydrogen-bond donors (Lipinski definition) is 0. The average Bonchev–Trinajstić information content (AvgIpc) is 0.661. The molecule has 0 radical (unpaired) electrons. The topological polar surface area (TPSA) is 15.5 Å². The highest BCUT2D eigenvalue weighted by atomic mass is 14.9. The number of pyridine rings is 4. The Morgan fingerprint density at radius 2 is 0.629 bits per heavy atom. The Bertz CT molecular complexity index is 5970. The molecule has 0 saturated heterocycles. The third-order valence-corrected chi connectivity index (χ3v) is 21.0. The van der Waals surface area contributed by atoms with Gasteiger partial charge in [0.2, 0.25) is 22.8 Å². The minimum Gasteiger partial charge on any atom is -0.201 e. The lowest BCUT2D eigenvalue weighted by molar-refractivity contribution is -0.660. The summed E-state index contributed by atoms with van der Waals surface area (Å²) in [7, 11) is 8.07. The van der Waals surface area contributed by atoms with Gasteiger partial charge < -0.3 is 0 Å². The van der Waals surface area contributed by atoms with Crippen LogP contribution >= 0.6 is 0 Å². The predicted octanol–water partition coefficient (Wildman–Crippen LogP) is 25.1. The van der Waals surface area contributed by atoms with Gasteiger partial charge in [0.15, 0.2) is 24.8 Å². The minimum absolute atomic E-state index is 0.0959. The molecule has 4 aromatic heterocycles. The first-order chi connectivity index (χ1) is 59.5. The van der Waals surface area contributed by atoms with E-state index in [2.05, 4.69) is 171 Å². The molecule has 4 aliphatic rings. The molecule has 4 nitrogen and oxygen atoms in total. The van der Waals surface area contributed by atoms with Gasteiger partial charge in [0.1, 0.15) is 28.2 Å². The molecule has 4 aliphatic carbocycles. The van der Waals surface area contributed by atoms with Crippen molar-refractivity contribution in [2.45, 2.75) is 180 Å². The second-order valence-electron chi connectivity index (χ2n) is 28.3. The van der Waals surface area contributed by atoms with E-state index in [-0.39, 0.29) is 11.1 Å². The van der Waals surface area contributed by atoms with Crippen molar-refractivity contribution in [1.29, 1.82) is 0 Å². The molecule has 534 valence electrons. The van der Waals surface area contributed by atoms with Gasteiger partial charge in [-0.3, -0.25) is 0 Å². The molecular weight excluding hydrogens is 1270 g/mol. The smallest absolute Gasteiger partial charge is 0.201 e. The Labute approximate surface area is 661 Å². The lowest BCUT2D eigenvalue weighted by atomic mass is 9.76. The van der Waals surface area contributed by atoms with Gasteiger partial charge in [-0.15, -0.1) is 0 Å². The fourth-order valence-corrected chi connectivity index (χ4v) is 14.8. The van der Waals surface area contributed by atoms with Gasteiger partial charge in [-0.1, -0.05) is 254 Å². The van der Waals surface area contributed by atoms with Crippen LogP contribution in [0.25, 0.3) is 89.5 Å². The zero-order chi connectivity index (χ0) is 92.4. The van der Waals surface area contributed by atoms with Gasteiger partial charge in [0, 0.05) is 101 Å². The first-order valence-corrected chi connectivity index (χ1v) is 37.2. The summed E-state index contributed by atoms with van der Waals surface area (Å²) in [6.07, 6.45) is -10.1. The van der Waals surface area contributed by atoms with Gasteiger partial charge in [0.25, 0.3) is 0 Å². The Hall–Kier alpha value is -9.64. The molecule has 4 fully saturated rings. The van der Waals surface area contributed by atoms with Gasteiger partial charge in [0.05, 0.1) is 0 Å². The van der Waals surface area contributed by atoms with Gasteiger partial charge >= 0.3 is 0 Å². The number of rotatable bonds is 12. The normalized spacial score (nSPS) is 25.8. The van der Waals surface area contributed by atoms with Crippen molar-refractivity contribution in [1.82, 2.24) is 0 Å². The standard InChI is InChI=1S/C26H30N.3C25H28N/c1-19-9-4-6-13-24(19)23-12-8-11-21(17-23)22-15-16-27(3)26(18-22)25-14-7-5-10-20(25)2;2*1-19-9-6-7-14-24(19)25-18-23(15-16-26(25)2)22-13-8-12-21(17-22)20-10-4-3-5-11-20;1-19-8-6-7-11-24(19)25-18-23(16-17-26(25)2)22-14-12-21(13-15-22)20-9-4-3-5-10-20/h5,7-8,10-12,14-19,24H,4,6,9,13H2,1-3H3;2*6-9,12-18,20H,3-5,10-11H2,1-2H3;6-8,11-18,20H,3-5,9-10H2,1-2H3/q4*+1/i4D2,6D2,9D2,13D2,19D,24D;20D;;3D2,4D2,5D2,9D2,10D2,20D. The lowest BCUT2D eigenvalue weighted by Gasteiger charge is -2.29. The van der Waals surface area contributed by atoms with Gasteiger partial charge in [-0.05, 0) is 215 Å². The summed E-state index contributed by atoms with van der Waals surface area (Å²) in [6.45, 7) is 9.35. The molecule has 0 aliphatic heterocycles. The molecule has 4 heterocycles. The van der Waals surface area contributed by atoms with E-state index in [9.17, 15) is 1.37 Å². The fraction of sp³-hybridized carbons (Fsp3) is 0.327. The average molecular weight is 1410 g/mol. The Morgan fingerprint density at radius 1 is 0.286 bits per heavy atom. The van der Waals surface area contributed by atoms with Crippen LogP contribution in [-0.4, -0.2) is 0 Å². The quantitative estimate of drug-likeness (QED) is 0.108. The third kappa shape index (κ3) is 18.4. The molecule has 2 atom stereocenters. The molecule has 8 aromatic carbocycles. The molecule has 0 spiro atoms. The highest BCUT2D eigenvalue weighted by Gasteiger charge is 2.26. The maximum absolute atomic E-state index is 9.24. The number of aromatic nitrogens is 4. The second kappa shape index (κ2) is 35.4. The second-order valence-corrected chi connectivity index (χ2v) is 28.3. The van der Waals surface area contributed by atoms with Crippen molar-refractivity contribution in [3.8, 4) is 89.5 Å². The van der Waals surface area contributed by atoms with Crippen LogP contribution in [0.1, 0.15) is 227 Å². The molecular formula is C101H114N4+4. The third-order valence-electron chi connectivity index (χ3n) is 21.0. The highest BCUT2D eigenvalue weighted by Crippen LogP contribution is 2.41. The van der Waals surface area contributed by atoms with Crippen LogP contribution in [0.2, 0.25) is 0 Å². The maximum atomic E-state index is 9.24. The first kappa shape index (κ1) is 50.7. The van der Waals surface area contributed by atoms with Crippen molar-refractivity contribution in [2.24, 2.45) is 34.1 Å². The summed E-state index contributed by atoms with van der Waals surface area (Å²) in [6, 6.07) is 79.5. The summed E-state index contributed by atoms with van der Waals surface area (Å²) < 4.78 is 194. The van der Waals surface area contributed by atoms with E-state index < -0.39 is 80.9 Å². The Kier molecular flexibility index (Phi) is 17.1. The molecule has 0 bridgehead atoms. The summed E-state index contributed by atoms with van der Waals surface area (Å²) in [5.41, 5.74) is 23.9. The van der Waals surface area contributed by atoms with Crippen LogP contribution in [0.4, 0.5) is 0 Å². The van der Waals surface area contributed by atoms with E-state index >= 15 is 0 Å². The largest absolute Gasteiger partial charge is 0.213 e. The van der Waals surface area contributed by atoms with E-state index in [1.807, 2.05) is 122 Å². The van der Waals surface area contributed by atoms with Crippen LogP contribution in [-0.2, 0) is 28.2 Å². The SMILES string of the molecule is Cc1ccccc1-c1cc(-c2cccc(C3CCCCC3)c2)cc[n+]1C.[2H]C1([2H])C([2H])([2H])C([2H])([2H])C([2H])(c2ccc(-c3cc[n+](C)c(-c4ccccc4C)c3)cc2)C([2H])([2H])C1([2H])[2H].[2H]C1([2H])C([2H])([2H])C([2H])([2H])C([2H])(c2cccc(-c3cc[n+](C)c(-c4ccccc4C)c3)c2)C([2H])(C)C1([2H])[2H].[2H]C1(c2cccc(-c3cc[n+](C)c(-c4ccccc4C)c3)c2)CCCCC1. The van der Waals surface area contributed by atoms with E-state index in [4.69, 9.17) is 28.8 Å². The zero-order valence-electron chi connectivity index (χ0n) is 84.3. The molecule has 4 heteroatoms. The van der Waals surface area contributed by atoms with Crippen molar-refractivity contribution >= 4 is 0 Å². The molecule has 16 rings (SSSR count). The number of benzene rings is 8. The highest BCUT2D eigenvalue weighted by molar-refractivity contribution is 5.74. The van der Waals surface area contributed by atoms with Crippen LogP contribution in [0.15, 0.2) is 267 Å². The molecule has 4 saturated carbocycles. The van der Waals surface area contributed by atoms with E-state index in [0.29, 0.717) is 11.1 Å². The molecule has 2 unspecified atom stereocenters. The van der Waals surface area contributed by atoms with Crippen molar-refractivity contribution in [3.05, 3.63) is 312 Å². The van der Waals surface area contributed by atoms with Crippen LogP contribution < -0.4 is 18.3 Å². The zero-order valence-corrected chi connectivity index (χ0v) is 62.3. The lowest BCUT2D eigenvalue weighted by Crippen LogP contribution is -2.30. The van der Waals surface area contributed by atoms with Crippen LogP contribution in [0.3, 0.4) is 0 Å². The summed E-state index contributed by atoms with van der Waals surface area (Å²) in [5.74, 6) is -8.22. The maximum Gasteiger partial charge on any atom is 0.213 e. The summed E-state index contributed by atoms with van der Waals surface area (Å²) >= 11 is 0.